The zero-order valence-electron chi connectivity index (χ0n) is 13.6. The average Bonchev–Trinajstić information content (AvgIpc) is 2.59. The third kappa shape index (κ3) is 3.48. The summed E-state index contributed by atoms with van der Waals surface area (Å²) in [4.78, 5) is 14.2. The van der Waals surface area contributed by atoms with Crippen molar-refractivity contribution in [2.75, 3.05) is 20.1 Å². The van der Waals surface area contributed by atoms with Gasteiger partial charge in [0.25, 0.3) is 5.56 Å². The highest BCUT2D eigenvalue weighted by Crippen LogP contribution is 2.19. The molecule has 3 rings (SSSR count). The minimum atomic E-state index is -0.119. The lowest BCUT2D eigenvalue weighted by atomic mass is 10.0. The first-order valence-electron chi connectivity index (χ1n) is 7.93. The zero-order chi connectivity index (χ0) is 16.2. The van der Waals surface area contributed by atoms with Crippen molar-refractivity contribution in [2.45, 2.75) is 13.3 Å². The summed E-state index contributed by atoms with van der Waals surface area (Å²) >= 11 is 0. The van der Waals surface area contributed by atoms with Gasteiger partial charge in [-0.25, -0.2) is 0 Å². The van der Waals surface area contributed by atoms with E-state index in [2.05, 4.69) is 48.2 Å². The van der Waals surface area contributed by atoms with Gasteiger partial charge in [-0.2, -0.15) is 9.78 Å². The summed E-state index contributed by atoms with van der Waals surface area (Å²) in [7, 11) is 2.14. The van der Waals surface area contributed by atoms with Crippen molar-refractivity contribution in [1.29, 1.82) is 0 Å². The Kier molecular flexibility index (Phi) is 4.53. The molecule has 23 heavy (non-hydrogen) atoms. The Labute approximate surface area is 136 Å². The van der Waals surface area contributed by atoms with E-state index in [4.69, 9.17) is 0 Å². The predicted octanol–water partition coefficient (Wildman–Crippen LogP) is 2.88. The van der Waals surface area contributed by atoms with Gasteiger partial charge < -0.3 is 4.90 Å². The Balaban J connectivity index is 1.90. The predicted molar refractivity (Wildman–Crippen MR) is 94.2 cm³/mol. The zero-order valence-corrected chi connectivity index (χ0v) is 13.6. The van der Waals surface area contributed by atoms with E-state index in [9.17, 15) is 4.79 Å². The number of benzene rings is 2. The average molecular weight is 307 g/mol. The molecule has 4 heteroatoms. The first kappa shape index (κ1) is 15.4. The molecule has 0 bridgehead atoms. The molecular weight excluding hydrogens is 286 g/mol. The Morgan fingerprint density at radius 3 is 2.65 bits per heavy atom. The van der Waals surface area contributed by atoms with Crippen LogP contribution in [0.25, 0.3) is 16.5 Å². The largest absolute Gasteiger partial charge is 0.306 e. The number of fused-ring (bicyclic) bond motifs is 1. The van der Waals surface area contributed by atoms with Gasteiger partial charge in [0.1, 0.15) is 0 Å². The molecule has 0 unspecified atom stereocenters. The van der Waals surface area contributed by atoms with Gasteiger partial charge in [-0.3, -0.25) is 4.79 Å². The Morgan fingerprint density at radius 2 is 1.87 bits per heavy atom. The van der Waals surface area contributed by atoms with Crippen molar-refractivity contribution >= 4 is 10.8 Å². The van der Waals surface area contributed by atoms with E-state index in [1.807, 2.05) is 12.1 Å². The number of nitrogens with zero attached hydrogens (tertiary/aromatic N) is 3. The van der Waals surface area contributed by atoms with Crippen LogP contribution in [0.3, 0.4) is 0 Å². The van der Waals surface area contributed by atoms with Crippen molar-refractivity contribution in [1.82, 2.24) is 14.7 Å². The van der Waals surface area contributed by atoms with E-state index in [1.54, 1.807) is 12.3 Å². The third-order valence-corrected chi connectivity index (χ3v) is 4.17. The molecule has 0 radical (unpaired) electrons. The van der Waals surface area contributed by atoms with Crippen LogP contribution in [-0.2, 0) is 6.42 Å². The van der Waals surface area contributed by atoms with Crippen LogP contribution in [0.15, 0.2) is 59.5 Å². The first-order chi connectivity index (χ1) is 11.2. The fraction of sp³-hybridized carbons (Fsp3) is 0.263. The number of rotatable bonds is 5. The summed E-state index contributed by atoms with van der Waals surface area (Å²) in [5.41, 5.74) is 2.01. The van der Waals surface area contributed by atoms with Crippen LogP contribution in [0.4, 0.5) is 0 Å². The van der Waals surface area contributed by atoms with E-state index >= 15 is 0 Å². The third-order valence-electron chi connectivity index (χ3n) is 4.17. The lowest BCUT2D eigenvalue weighted by molar-refractivity contribution is 0.357. The van der Waals surface area contributed by atoms with Crippen LogP contribution >= 0.6 is 0 Å². The summed E-state index contributed by atoms with van der Waals surface area (Å²) in [5, 5.41) is 6.44. The molecule has 0 saturated heterocycles. The fourth-order valence-electron chi connectivity index (χ4n) is 2.60. The van der Waals surface area contributed by atoms with Crippen molar-refractivity contribution in [3.05, 3.63) is 70.6 Å². The molecule has 0 amide bonds. The van der Waals surface area contributed by atoms with E-state index in [1.165, 1.54) is 21.7 Å². The molecule has 0 aliphatic carbocycles. The highest BCUT2D eigenvalue weighted by molar-refractivity contribution is 5.85. The first-order valence-corrected chi connectivity index (χ1v) is 7.93. The molecule has 1 aromatic heterocycles. The van der Waals surface area contributed by atoms with Gasteiger partial charge in [-0.15, -0.1) is 0 Å². The molecule has 0 saturated carbocycles. The van der Waals surface area contributed by atoms with Gasteiger partial charge in [0.2, 0.25) is 0 Å². The monoisotopic (exact) mass is 307 g/mol. The van der Waals surface area contributed by atoms with Crippen molar-refractivity contribution in [3.63, 3.8) is 0 Å². The number of likely N-dealkylation sites (N-methyl/N-ethyl adjacent to an activating group) is 1. The molecule has 0 N–H and O–H groups in total. The second-order valence-corrected chi connectivity index (χ2v) is 5.79. The molecular formula is C19H21N3O. The Bertz CT molecular complexity index is 870. The molecule has 2 aromatic carbocycles. The molecule has 4 nitrogen and oxygen atoms in total. The second kappa shape index (κ2) is 6.75. The fourth-order valence-corrected chi connectivity index (χ4v) is 2.60. The van der Waals surface area contributed by atoms with Gasteiger partial charge in [-0.05, 0) is 54.5 Å². The topological polar surface area (TPSA) is 38.1 Å². The maximum absolute atomic E-state index is 11.9. The van der Waals surface area contributed by atoms with Crippen molar-refractivity contribution in [2.24, 2.45) is 0 Å². The van der Waals surface area contributed by atoms with Gasteiger partial charge in [0.15, 0.2) is 0 Å². The minimum absolute atomic E-state index is 0.119. The van der Waals surface area contributed by atoms with Crippen LogP contribution < -0.4 is 5.56 Å². The summed E-state index contributed by atoms with van der Waals surface area (Å²) < 4.78 is 1.42. The molecule has 0 aliphatic heterocycles. The highest BCUT2D eigenvalue weighted by atomic mass is 16.1. The van der Waals surface area contributed by atoms with Crippen molar-refractivity contribution in [3.8, 4) is 5.69 Å². The summed E-state index contributed by atoms with van der Waals surface area (Å²) in [5.74, 6) is 0. The smallest absolute Gasteiger partial charge is 0.271 e. The quantitative estimate of drug-likeness (QED) is 0.727. The molecule has 1 heterocycles. The van der Waals surface area contributed by atoms with Gasteiger partial charge in [0, 0.05) is 18.8 Å². The molecule has 0 spiro atoms. The van der Waals surface area contributed by atoms with E-state index in [-0.39, 0.29) is 5.56 Å². The molecule has 0 aliphatic rings. The number of hydrogen-bond acceptors (Lipinski definition) is 3. The second-order valence-electron chi connectivity index (χ2n) is 5.79. The highest BCUT2D eigenvalue weighted by Gasteiger charge is 2.03. The van der Waals surface area contributed by atoms with E-state index < -0.39 is 0 Å². The molecule has 0 fully saturated rings. The minimum Gasteiger partial charge on any atom is -0.306 e. The van der Waals surface area contributed by atoms with Crippen LogP contribution in [-0.4, -0.2) is 34.8 Å². The maximum atomic E-state index is 11.9. The van der Waals surface area contributed by atoms with Gasteiger partial charge in [-0.1, -0.05) is 31.2 Å². The molecule has 0 atom stereocenters. The van der Waals surface area contributed by atoms with Gasteiger partial charge in [0.05, 0.1) is 5.69 Å². The van der Waals surface area contributed by atoms with Gasteiger partial charge >= 0.3 is 0 Å². The van der Waals surface area contributed by atoms with Crippen molar-refractivity contribution < 1.29 is 0 Å². The standard InChI is InChI=1S/C19H21N3O/c1-3-21(2)12-10-15-6-7-17-14-18(9-8-16(17)13-15)22-19(23)5-4-11-20-22/h4-9,11,13-14H,3,10,12H2,1-2H3. The van der Waals surface area contributed by atoms with Crippen LogP contribution in [0.2, 0.25) is 0 Å². The lowest BCUT2D eigenvalue weighted by Gasteiger charge is -2.13. The van der Waals surface area contributed by atoms with Crippen LogP contribution in [0.5, 0.6) is 0 Å². The Morgan fingerprint density at radius 1 is 1.09 bits per heavy atom. The lowest BCUT2D eigenvalue weighted by Crippen LogP contribution is -2.20. The molecule has 118 valence electrons. The summed E-state index contributed by atoms with van der Waals surface area (Å²) in [6, 6.07) is 15.7. The number of hydrogen-bond donors (Lipinski definition) is 0. The SMILES string of the molecule is CCN(C)CCc1ccc2cc(-n3ncccc3=O)ccc2c1. The van der Waals surface area contributed by atoms with Crippen LogP contribution in [0, 0.1) is 0 Å². The normalized spacial score (nSPS) is 11.3. The maximum Gasteiger partial charge on any atom is 0.271 e. The summed E-state index contributed by atoms with van der Waals surface area (Å²) in [6.07, 6.45) is 2.67. The number of aromatic nitrogens is 2. The Hall–Kier alpha value is -2.46. The summed E-state index contributed by atoms with van der Waals surface area (Å²) in [6.45, 7) is 4.29. The van der Waals surface area contributed by atoms with Crippen LogP contribution in [0.1, 0.15) is 12.5 Å². The van der Waals surface area contributed by atoms with E-state index in [0.717, 1.165) is 30.6 Å². The molecule has 3 aromatic rings. The van der Waals surface area contributed by atoms with E-state index in [0.29, 0.717) is 0 Å².